The molecule has 0 amide bonds. The summed E-state index contributed by atoms with van der Waals surface area (Å²) < 4.78 is 5.31. The molecule has 0 aliphatic carbocycles. The number of benzene rings is 1. The lowest BCUT2D eigenvalue weighted by atomic mass is 10.1. The van der Waals surface area contributed by atoms with E-state index in [9.17, 15) is 4.79 Å². The molecule has 0 aliphatic rings. The average molecular weight is 283 g/mol. The van der Waals surface area contributed by atoms with Gasteiger partial charge in [-0.05, 0) is 69.0 Å². The Morgan fingerprint density at radius 3 is 2.62 bits per heavy atom. The maximum absolute atomic E-state index is 11.9. The van der Waals surface area contributed by atoms with Crippen LogP contribution in [-0.4, -0.2) is 17.6 Å². The van der Waals surface area contributed by atoms with Crippen LogP contribution in [0.4, 0.5) is 0 Å². The summed E-state index contributed by atoms with van der Waals surface area (Å²) >= 11 is 0. The number of aromatic nitrogens is 1. The van der Waals surface area contributed by atoms with Gasteiger partial charge in [-0.1, -0.05) is 12.1 Å². The Morgan fingerprint density at radius 1 is 1.10 bits per heavy atom. The van der Waals surface area contributed by atoms with Crippen LogP contribution in [0.15, 0.2) is 36.4 Å². The maximum atomic E-state index is 11.9. The highest BCUT2D eigenvalue weighted by Gasteiger charge is 2.08. The standard InChI is InChI=1S/C18H21NO2/c1-13-9-10-16(12-14(13)2)18(20)21-11-5-8-17-7-4-6-15(3)19-17/h4,6-7,9-10,12H,5,8,11H2,1-3H3. The third-order valence-corrected chi connectivity index (χ3v) is 3.50. The lowest BCUT2D eigenvalue weighted by Gasteiger charge is -2.07. The molecule has 2 rings (SSSR count). The monoisotopic (exact) mass is 283 g/mol. The van der Waals surface area contributed by atoms with Crippen LogP contribution < -0.4 is 0 Å². The van der Waals surface area contributed by atoms with Gasteiger partial charge in [0.1, 0.15) is 0 Å². The third kappa shape index (κ3) is 4.42. The first-order valence-electron chi connectivity index (χ1n) is 7.23. The Hall–Kier alpha value is -2.16. The topological polar surface area (TPSA) is 39.2 Å². The van der Waals surface area contributed by atoms with Gasteiger partial charge in [0.05, 0.1) is 12.2 Å². The van der Waals surface area contributed by atoms with E-state index in [4.69, 9.17) is 4.74 Å². The van der Waals surface area contributed by atoms with Crippen LogP contribution in [0.25, 0.3) is 0 Å². The third-order valence-electron chi connectivity index (χ3n) is 3.50. The summed E-state index contributed by atoms with van der Waals surface area (Å²) in [6.07, 6.45) is 1.61. The van der Waals surface area contributed by atoms with E-state index in [2.05, 4.69) is 4.98 Å². The molecule has 0 fully saturated rings. The molecule has 110 valence electrons. The van der Waals surface area contributed by atoms with Crippen LogP contribution in [0.5, 0.6) is 0 Å². The van der Waals surface area contributed by atoms with Crippen LogP contribution in [0.3, 0.4) is 0 Å². The van der Waals surface area contributed by atoms with Crippen molar-refractivity contribution in [3.05, 3.63) is 64.5 Å². The molecule has 0 radical (unpaired) electrons. The molecular weight excluding hydrogens is 262 g/mol. The number of rotatable bonds is 5. The smallest absolute Gasteiger partial charge is 0.338 e. The quantitative estimate of drug-likeness (QED) is 0.619. The average Bonchev–Trinajstić information content (AvgIpc) is 2.46. The van der Waals surface area contributed by atoms with Crippen LogP contribution in [0, 0.1) is 20.8 Å². The van der Waals surface area contributed by atoms with Crippen molar-refractivity contribution >= 4 is 5.97 Å². The lowest BCUT2D eigenvalue weighted by Crippen LogP contribution is -2.08. The van der Waals surface area contributed by atoms with Crippen LogP contribution in [0.1, 0.15) is 39.3 Å². The van der Waals surface area contributed by atoms with Gasteiger partial charge in [0, 0.05) is 11.4 Å². The fourth-order valence-corrected chi connectivity index (χ4v) is 2.11. The fourth-order valence-electron chi connectivity index (χ4n) is 2.11. The first-order valence-corrected chi connectivity index (χ1v) is 7.23. The largest absolute Gasteiger partial charge is 0.462 e. The van der Waals surface area contributed by atoms with Crippen molar-refractivity contribution in [1.82, 2.24) is 4.98 Å². The summed E-state index contributed by atoms with van der Waals surface area (Å²) in [6.45, 7) is 6.42. The number of esters is 1. The number of hydrogen-bond acceptors (Lipinski definition) is 3. The van der Waals surface area contributed by atoms with Gasteiger partial charge < -0.3 is 4.74 Å². The summed E-state index contributed by atoms with van der Waals surface area (Å²) in [4.78, 5) is 16.4. The van der Waals surface area contributed by atoms with Crippen molar-refractivity contribution < 1.29 is 9.53 Å². The van der Waals surface area contributed by atoms with Gasteiger partial charge in [0.2, 0.25) is 0 Å². The molecule has 1 aromatic carbocycles. The predicted molar refractivity (Wildman–Crippen MR) is 83.5 cm³/mol. The minimum Gasteiger partial charge on any atom is -0.462 e. The van der Waals surface area contributed by atoms with E-state index < -0.39 is 0 Å². The normalized spacial score (nSPS) is 10.4. The molecule has 1 heterocycles. The Balaban J connectivity index is 1.80. The molecule has 0 saturated carbocycles. The zero-order valence-corrected chi connectivity index (χ0v) is 12.8. The van der Waals surface area contributed by atoms with Crippen molar-refractivity contribution in [2.24, 2.45) is 0 Å². The number of ether oxygens (including phenoxy) is 1. The highest BCUT2D eigenvalue weighted by atomic mass is 16.5. The number of nitrogens with zero attached hydrogens (tertiary/aromatic N) is 1. The second-order valence-corrected chi connectivity index (χ2v) is 5.31. The molecule has 0 aliphatic heterocycles. The number of carbonyl (C=O) groups is 1. The predicted octanol–water partition coefficient (Wildman–Crippen LogP) is 3.80. The minimum atomic E-state index is -0.254. The summed E-state index contributed by atoms with van der Waals surface area (Å²) in [5, 5.41) is 0. The number of pyridine rings is 1. The molecule has 3 nitrogen and oxygen atoms in total. The molecule has 0 spiro atoms. The van der Waals surface area contributed by atoms with E-state index >= 15 is 0 Å². The van der Waals surface area contributed by atoms with Crippen LogP contribution in [-0.2, 0) is 11.2 Å². The molecule has 21 heavy (non-hydrogen) atoms. The Bertz CT molecular complexity index is 635. The lowest BCUT2D eigenvalue weighted by molar-refractivity contribution is 0.0500. The molecule has 0 saturated heterocycles. The highest BCUT2D eigenvalue weighted by molar-refractivity contribution is 5.89. The van der Waals surface area contributed by atoms with Gasteiger partial charge in [0.25, 0.3) is 0 Å². The van der Waals surface area contributed by atoms with E-state index in [1.807, 2.05) is 57.2 Å². The fraction of sp³-hybridized carbons (Fsp3) is 0.333. The van der Waals surface area contributed by atoms with E-state index in [0.29, 0.717) is 12.2 Å². The van der Waals surface area contributed by atoms with Crippen molar-refractivity contribution in [2.45, 2.75) is 33.6 Å². The number of hydrogen-bond donors (Lipinski definition) is 0. The molecule has 3 heteroatoms. The zero-order chi connectivity index (χ0) is 15.2. The van der Waals surface area contributed by atoms with Crippen LogP contribution in [0.2, 0.25) is 0 Å². The second-order valence-electron chi connectivity index (χ2n) is 5.31. The highest BCUT2D eigenvalue weighted by Crippen LogP contribution is 2.11. The summed E-state index contributed by atoms with van der Waals surface area (Å²) in [5.41, 5.74) is 4.95. The van der Waals surface area contributed by atoms with Crippen LogP contribution >= 0.6 is 0 Å². The SMILES string of the molecule is Cc1cccc(CCCOC(=O)c2ccc(C)c(C)c2)n1. The summed E-state index contributed by atoms with van der Waals surface area (Å²) in [7, 11) is 0. The van der Waals surface area contributed by atoms with Gasteiger partial charge in [-0.25, -0.2) is 4.79 Å². The maximum Gasteiger partial charge on any atom is 0.338 e. The van der Waals surface area contributed by atoms with Gasteiger partial charge in [-0.2, -0.15) is 0 Å². The molecule has 1 aromatic heterocycles. The van der Waals surface area contributed by atoms with Gasteiger partial charge in [0.15, 0.2) is 0 Å². The van der Waals surface area contributed by atoms with E-state index in [1.54, 1.807) is 0 Å². The van der Waals surface area contributed by atoms with Gasteiger partial charge in [-0.15, -0.1) is 0 Å². The Morgan fingerprint density at radius 2 is 1.90 bits per heavy atom. The second kappa shape index (κ2) is 7.02. The molecule has 0 unspecified atom stereocenters. The summed E-state index contributed by atoms with van der Waals surface area (Å²) in [5.74, 6) is -0.254. The molecule has 0 bridgehead atoms. The minimum absolute atomic E-state index is 0.254. The Kier molecular flexibility index (Phi) is 5.09. The number of aryl methyl sites for hydroxylation is 4. The van der Waals surface area contributed by atoms with E-state index in [0.717, 1.165) is 29.8 Å². The molecule has 0 N–H and O–H groups in total. The van der Waals surface area contributed by atoms with Gasteiger partial charge >= 0.3 is 5.97 Å². The number of carbonyl (C=O) groups excluding carboxylic acids is 1. The molecular formula is C18H21NO2. The first-order chi connectivity index (χ1) is 10.1. The molecule has 0 atom stereocenters. The van der Waals surface area contributed by atoms with Crippen molar-refractivity contribution in [3.8, 4) is 0 Å². The van der Waals surface area contributed by atoms with Crippen molar-refractivity contribution in [2.75, 3.05) is 6.61 Å². The Labute approximate surface area is 126 Å². The van der Waals surface area contributed by atoms with E-state index in [-0.39, 0.29) is 5.97 Å². The van der Waals surface area contributed by atoms with Crippen molar-refractivity contribution in [3.63, 3.8) is 0 Å². The molecule has 2 aromatic rings. The first kappa shape index (κ1) is 15.2. The van der Waals surface area contributed by atoms with Crippen molar-refractivity contribution in [1.29, 1.82) is 0 Å². The van der Waals surface area contributed by atoms with Gasteiger partial charge in [-0.3, -0.25) is 4.98 Å². The summed E-state index contributed by atoms with van der Waals surface area (Å²) in [6, 6.07) is 11.6. The zero-order valence-electron chi connectivity index (χ0n) is 12.8. The van der Waals surface area contributed by atoms with E-state index in [1.165, 1.54) is 5.56 Å².